The number of hydrogen-bond acceptors (Lipinski definition) is 3. The molecule has 1 aromatic heterocycles. The molecular formula is C18H30N2O. The standard InChI is InChI=1S/C18H30N2O/c1-5-14-6-7-15(20-13-14)12-16(19)18(21-4)10-8-17(2,3)9-11-18/h6-7,13,16H,5,8-12,19H2,1-4H3. The summed E-state index contributed by atoms with van der Waals surface area (Å²) in [6.07, 6.45) is 8.23. The first-order valence-electron chi connectivity index (χ1n) is 8.15. The lowest BCUT2D eigenvalue weighted by molar-refractivity contribution is -0.0782. The summed E-state index contributed by atoms with van der Waals surface area (Å²) in [5.41, 5.74) is 9.10. The van der Waals surface area contributed by atoms with E-state index in [1.807, 2.05) is 13.3 Å². The molecule has 0 aromatic carbocycles. The van der Waals surface area contributed by atoms with E-state index in [-0.39, 0.29) is 11.6 Å². The zero-order chi connectivity index (χ0) is 15.5. The molecule has 0 spiro atoms. The van der Waals surface area contributed by atoms with Gasteiger partial charge in [0.05, 0.1) is 5.60 Å². The van der Waals surface area contributed by atoms with E-state index in [0.717, 1.165) is 31.4 Å². The van der Waals surface area contributed by atoms with Crippen molar-refractivity contribution in [3.05, 3.63) is 29.6 Å². The SMILES string of the molecule is CCc1ccc(CC(N)C2(OC)CCC(C)(C)CC2)nc1. The highest BCUT2D eigenvalue weighted by atomic mass is 16.5. The summed E-state index contributed by atoms with van der Waals surface area (Å²) in [4.78, 5) is 4.54. The van der Waals surface area contributed by atoms with Crippen LogP contribution in [0.5, 0.6) is 0 Å². The molecule has 3 nitrogen and oxygen atoms in total. The molecule has 0 radical (unpaired) electrons. The largest absolute Gasteiger partial charge is 0.377 e. The van der Waals surface area contributed by atoms with Gasteiger partial charge in [0.2, 0.25) is 0 Å². The molecule has 1 heterocycles. The Balaban J connectivity index is 2.04. The number of aromatic nitrogens is 1. The molecule has 2 rings (SSSR count). The van der Waals surface area contributed by atoms with Crippen molar-refractivity contribution in [3.63, 3.8) is 0 Å². The summed E-state index contributed by atoms with van der Waals surface area (Å²) in [7, 11) is 1.81. The smallest absolute Gasteiger partial charge is 0.0833 e. The Hall–Kier alpha value is -0.930. The van der Waals surface area contributed by atoms with Crippen LogP contribution in [0.25, 0.3) is 0 Å². The molecule has 1 atom stereocenters. The maximum atomic E-state index is 6.52. The molecule has 118 valence electrons. The van der Waals surface area contributed by atoms with Crippen LogP contribution in [0.4, 0.5) is 0 Å². The van der Waals surface area contributed by atoms with Crippen molar-refractivity contribution in [2.24, 2.45) is 11.1 Å². The van der Waals surface area contributed by atoms with Gasteiger partial charge in [-0.25, -0.2) is 0 Å². The Morgan fingerprint density at radius 3 is 2.38 bits per heavy atom. The average molecular weight is 290 g/mol. The van der Waals surface area contributed by atoms with Gasteiger partial charge in [-0.2, -0.15) is 0 Å². The summed E-state index contributed by atoms with van der Waals surface area (Å²) in [5.74, 6) is 0. The normalized spacial score (nSPS) is 22.0. The van der Waals surface area contributed by atoms with Crippen molar-refractivity contribution >= 4 is 0 Å². The highest BCUT2D eigenvalue weighted by molar-refractivity contribution is 5.15. The third-order valence-corrected chi connectivity index (χ3v) is 5.26. The van der Waals surface area contributed by atoms with E-state index in [2.05, 4.69) is 37.9 Å². The van der Waals surface area contributed by atoms with Crippen LogP contribution in [-0.2, 0) is 17.6 Å². The van der Waals surface area contributed by atoms with Crippen LogP contribution in [0.15, 0.2) is 18.3 Å². The number of methoxy groups -OCH3 is 1. The Bertz CT molecular complexity index is 443. The molecule has 1 aliphatic rings. The van der Waals surface area contributed by atoms with Crippen LogP contribution >= 0.6 is 0 Å². The lowest BCUT2D eigenvalue weighted by Gasteiger charge is -2.45. The van der Waals surface area contributed by atoms with Crippen molar-refractivity contribution in [1.29, 1.82) is 0 Å². The molecule has 0 bridgehead atoms. The van der Waals surface area contributed by atoms with Crippen LogP contribution in [0.3, 0.4) is 0 Å². The van der Waals surface area contributed by atoms with E-state index in [0.29, 0.717) is 5.41 Å². The van der Waals surface area contributed by atoms with E-state index in [1.165, 1.54) is 18.4 Å². The summed E-state index contributed by atoms with van der Waals surface area (Å²) >= 11 is 0. The third kappa shape index (κ3) is 3.83. The van der Waals surface area contributed by atoms with Gasteiger partial charge in [0.25, 0.3) is 0 Å². The van der Waals surface area contributed by atoms with Crippen LogP contribution in [0, 0.1) is 5.41 Å². The van der Waals surface area contributed by atoms with Gasteiger partial charge in [0.15, 0.2) is 0 Å². The monoisotopic (exact) mass is 290 g/mol. The van der Waals surface area contributed by atoms with Crippen LogP contribution in [-0.4, -0.2) is 23.7 Å². The lowest BCUT2D eigenvalue weighted by Crippen LogP contribution is -2.53. The fourth-order valence-electron chi connectivity index (χ4n) is 3.27. The minimum absolute atomic E-state index is 0.0126. The number of ether oxygens (including phenoxy) is 1. The van der Waals surface area contributed by atoms with Gasteiger partial charge < -0.3 is 10.5 Å². The lowest BCUT2D eigenvalue weighted by atomic mass is 9.68. The van der Waals surface area contributed by atoms with E-state index in [4.69, 9.17) is 10.5 Å². The van der Waals surface area contributed by atoms with Crippen molar-refractivity contribution < 1.29 is 4.74 Å². The second-order valence-electron chi connectivity index (χ2n) is 7.26. The first-order valence-corrected chi connectivity index (χ1v) is 8.15. The van der Waals surface area contributed by atoms with Crippen molar-refractivity contribution in [2.75, 3.05) is 7.11 Å². The minimum atomic E-state index is -0.180. The number of nitrogens with zero attached hydrogens (tertiary/aromatic N) is 1. The number of pyridine rings is 1. The highest BCUT2D eigenvalue weighted by Crippen LogP contribution is 2.43. The Morgan fingerprint density at radius 1 is 1.24 bits per heavy atom. The minimum Gasteiger partial charge on any atom is -0.377 e. The first-order chi connectivity index (χ1) is 9.91. The molecule has 0 saturated heterocycles. The second kappa shape index (κ2) is 6.45. The van der Waals surface area contributed by atoms with Gasteiger partial charge in [0, 0.05) is 31.5 Å². The predicted octanol–water partition coefficient (Wildman–Crippen LogP) is 3.50. The molecule has 1 saturated carbocycles. The van der Waals surface area contributed by atoms with Gasteiger partial charge >= 0.3 is 0 Å². The maximum Gasteiger partial charge on any atom is 0.0833 e. The first kappa shape index (κ1) is 16.4. The molecule has 0 amide bonds. The quantitative estimate of drug-likeness (QED) is 0.903. The highest BCUT2D eigenvalue weighted by Gasteiger charge is 2.42. The van der Waals surface area contributed by atoms with Gasteiger partial charge in [-0.1, -0.05) is 26.8 Å². The van der Waals surface area contributed by atoms with Crippen molar-refractivity contribution in [1.82, 2.24) is 4.98 Å². The Labute approximate surface area is 129 Å². The predicted molar refractivity (Wildman–Crippen MR) is 87.3 cm³/mol. The summed E-state index contributed by atoms with van der Waals surface area (Å²) < 4.78 is 5.90. The average Bonchev–Trinajstić information content (AvgIpc) is 2.48. The molecule has 1 fully saturated rings. The molecule has 1 aliphatic carbocycles. The number of hydrogen-bond donors (Lipinski definition) is 1. The van der Waals surface area contributed by atoms with Gasteiger partial charge in [-0.3, -0.25) is 4.98 Å². The summed E-state index contributed by atoms with van der Waals surface area (Å²) in [5, 5.41) is 0. The summed E-state index contributed by atoms with van der Waals surface area (Å²) in [6, 6.07) is 4.27. The van der Waals surface area contributed by atoms with E-state index < -0.39 is 0 Å². The van der Waals surface area contributed by atoms with E-state index in [1.54, 1.807) is 0 Å². The van der Waals surface area contributed by atoms with E-state index >= 15 is 0 Å². The molecule has 3 heteroatoms. The molecule has 0 aliphatic heterocycles. The van der Waals surface area contributed by atoms with Crippen LogP contribution in [0.2, 0.25) is 0 Å². The second-order valence-corrected chi connectivity index (χ2v) is 7.26. The van der Waals surface area contributed by atoms with Gasteiger partial charge in [-0.05, 0) is 49.1 Å². The van der Waals surface area contributed by atoms with Crippen molar-refractivity contribution in [3.8, 4) is 0 Å². The number of nitrogens with two attached hydrogens (primary N) is 1. The number of aryl methyl sites for hydroxylation is 1. The topological polar surface area (TPSA) is 48.1 Å². The van der Waals surface area contributed by atoms with Crippen LogP contribution in [0.1, 0.15) is 57.7 Å². The summed E-state index contributed by atoms with van der Waals surface area (Å²) in [6.45, 7) is 6.82. The van der Waals surface area contributed by atoms with Gasteiger partial charge in [-0.15, -0.1) is 0 Å². The fourth-order valence-corrected chi connectivity index (χ4v) is 3.27. The molecule has 1 unspecified atom stereocenters. The molecule has 21 heavy (non-hydrogen) atoms. The van der Waals surface area contributed by atoms with E-state index in [9.17, 15) is 0 Å². The third-order valence-electron chi connectivity index (χ3n) is 5.26. The zero-order valence-electron chi connectivity index (χ0n) is 14.0. The Kier molecular flexibility index (Phi) is 5.05. The van der Waals surface area contributed by atoms with Crippen molar-refractivity contribution in [2.45, 2.75) is 70.9 Å². The zero-order valence-corrected chi connectivity index (χ0v) is 14.0. The van der Waals surface area contributed by atoms with Gasteiger partial charge in [0.1, 0.15) is 0 Å². The molecule has 1 aromatic rings. The fraction of sp³-hybridized carbons (Fsp3) is 0.722. The number of rotatable bonds is 5. The molecule has 2 N–H and O–H groups in total. The maximum absolute atomic E-state index is 6.52. The van der Waals surface area contributed by atoms with Crippen LogP contribution < -0.4 is 5.73 Å². The Morgan fingerprint density at radius 2 is 1.90 bits per heavy atom. The molecular weight excluding hydrogens is 260 g/mol.